The second-order valence-electron chi connectivity index (χ2n) is 21.4. The average molecular weight is 1080 g/mol. The van der Waals surface area contributed by atoms with Gasteiger partial charge in [0.25, 0.3) is 0 Å². The molecule has 3 aromatic heterocycles. The SMILES string of the molecule is COC(=O)N[C@H](C(=O)N1CCCC1c1nc2cc([C@H]3CC[C@H](c4cc5nc([C@@H]6CCCN6C(=O)[C@@H](NC(=O)OC)C(C)C)[nH]c5cc4F)N3c3cc(F)c(N4CCC(F)(c5ncccn5)CC4)c(F)c3)c(F)cc2[nH]1)C(C)C. The van der Waals surface area contributed by atoms with Crippen molar-refractivity contribution in [1.82, 2.24) is 50.3 Å². The molecule has 6 aromatic rings. The van der Waals surface area contributed by atoms with Gasteiger partial charge < -0.3 is 49.7 Å². The molecule has 4 saturated heterocycles. The number of piperidine rings is 1. The number of rotatable bonds is 13. The predicted molar refractivity (Wildman–Crippen MR) is 278 cm³/mol. The molecule has 4 amide bonds. The molecule has 0 bridgehead atoms. The van der Waals surface area contributed by atoms with Gasteiger partial charge in [-0.1, -0.05) is 27.7 Å². The number of alkyl halides is 1. The Bertz CT molecular complexity index is 3070. The Balaban J connectivity index is 0.999. The molecule has 4 aliphatic rings. The van der Waals surface area contributed by atoms with Crippen molar-refractivity contribution in [3.05, 3.63) is 107 Å². The second-order valence-corrected chi connectivity index (χ2v) is 21.4. The molecule has 7 heterocycles. The van der Waals surface area contributed by atoms with Crippen LogP contribution in [0.15, 0.2) is 54.9 Å². The van der Waals surface area contributed by atoms with Crippen LogP contribution >= 0.6 is 0 Å². The third-order valence-corrected chi connectivity index (χ3v) is 16.0. The first kappa shape index (κ1) is 53.8. The van der Waals surface area contributed by atoms with E-state index in [1.165, 1.54) is 43.6 Å². The summed E-state index contributed by atoms with van der Waals surface area (Å²) in [5.74, 6) is -3.60. The van der Waals surface area contributed by atoms with Crippen LogP contribution in [0.25, 0.3) is 22.1 Å². The molecule has 4 fully saturated rings. The first-order valence-electron chi connectivity index (χ1n) is 26.5. The van der Waals surface area contributed by atoms with Crippen molar-refractivity contribution in [2.24, 2.45) is 11.8 Å². The Morgan fingerprint density at radius 3 is 1.50 bits per heavy atom. The summed E-state index contributed by atoms with van der Waals surface area (Å²) in [6, 6.07) is 4.91. The van der Waals surface area contributed by atoms with Gasteiger partial charge in [-0.15, -0.1) is 0 Å². The molecular weight excluding hydrogens is 1020 g/mol. The summed E-state index contributed by atoms with van der Waals surface area (Å²) >= 11 is 0. The minimum absolute atomic E-state index is 0.000766. The number of likely N-dealkylation sites (tertiary alicyclic amines) is 2. The third-order valence-electron chi connectivity index (χ3n) is 16.0. The average Bonchev–Trinajstić information content (AvgIpc) is 4.48. The Kier molecular flexibility index (Phi) is 15.0. The summed E-state index contributed by atoms with van der Waals surface area (Å²) in [5, 5.41) is 5.28. The number of anilines is 2. The Labute approximate surface area is 446 Å². The molecule has 0 spiro atoms. The first-order valence-corrected chi connectivity index (χ1v) is 26.5. The van der Waals surface area contributed by atoms with Crippen LogP contribution in [0.1, 0.15) is 132 Å². The van der Waals surface area contributed by atoms with E-state index in [1.807, 2.05) is 27.7 Å². The maximum absolute atomic E-state index is 17.0. The van der Waals surface area contributed by atoms with Crippen LogP contribution < -0.4 is 20.4 Å². The molecule has 23 heteroatoms. The molecule has 0 radical (unpaired) electrons. The summed E-state index contributed by atoms with van der Waals surface area (Å²) in [6.45, 7) is 7.93. The lowest BCUT2D eigenvalue weighted by atomic mass is 9.92. The molecule has 78 heavy (non-hydrogen) atoms. The van der Waals surface area contributed by atoms with E-state index in [2.05, 4.69) is 30.6 Å². The molecule has 6 atom stereocenters. The highest BCUT2D eigenvalue weighted by Crippen LogP contribution is 2.50. The number of amides is 4. The molecule has 1 unspecified atom stereocenters. The van der Waals surface area contributed by atoms with Gasteiger partial charge in [0.1, 0.15) is 41.1 Å². The van der Waals surface area contributed by atoms with Crippen LogP contribution in [0.2, 0.25) is 0 Å². The van der Waals surface area contributed by atoms with Crippen molar-refractivity contribution in [3.8, 4) is 0 Å². The number of hydrogen-bond donors (Lipinski definition) is 4. The van der Waals surface area contributed by atoms with Crippen molar-refractivity contribution in [2.75, 3.05) is 50.2 Å². The van der Waals surface area contributed by atoms with Crippen LogP contribution in [0, 0.1) is 35.1 Å². The van der Waals surface area contributed by atoms with E-state index < -0.39 is 77.4 Å². The van der Waals surface area contributed by atoms with Gasteiger partial charge in [-0.25, -0.2) is 51.5 Å². The highest BCUT2D eigenvalue weighted by atomic mass is 19.2. The van der Waals surface area contributed by atoms with Gasteiger partial charge in [0.2, 0.25) is 11.8 Å². The Morgan fingerprint density at radius 2 is 1.08 bits per heavy atom. The normalized spacial score (nSPS) is 21.2. The van der Waals surface area contributed by atoms with E-state index in [9.17, 15) is 19.2 Å². The maximum atomic E-state index is 17.0. The zero-order valence-electron chi connectivity index (χ0n) is 44.2. The highest BCUT2D eigenvalue weighted by Gasteiger charge is 2.44. The Morgan fingerprint density at radius 1 is 0.628 bits per heavy atom. The fraction of sp³-hybridized carbons (Fsp3) is 0.491. The first-order chi connectivity index (χ1) is 37.4. The fourth-order valence-electron chi connectivity index (χ4n) is 12.0. The number of imidazole rings is 2. The number of alkyl carbamates (subject to hydrolysis) is 2. The van der Waals surface area contributed by atoms with Crippen molar-refractivity contribution in [3.63, 3.8) is 0 Å². The standard InChI is InChI=1S/C55H63F5N12O6/c1-28(2)45(67-53(75)77-5)50(73)70-18-7-10-43(70)48-63-37-24-31(33(56)26-39(37)65-48)41-12-13-42(72(41)30-22-35(58)47(36(59)23-30)69-20-14-55(60,15-21-69)52-61-16-9-17-62-52)32-25-38-40(27-34(32)57)66-49(64-38)44-11-8-19-71(44)51(74)46(29(3)4)68-54(76)78-6/h9,16-17,22-29,41-46H,7-8,10-15,18-21H2,1-6H3,(H,63,65)(H,64,66)(H,67,75)(H,68,76)/t41-,42-,43+,44?,45+,46+/m1/s1. The summed E-state index contributed by atoms with van der Waals surface area (Å²) in [7, 11) is 2.44. The molecule has 0 saturated carbocycles. The largest absolute Gasteiger partial charge is 0.453 e. The molecule has 414 valence electrons. The number of nitrogens with one attached hydrogen (secondary N) is 4. The number of aromatic nitrogens is 6. The summed E-state index contributed by atoms with van der Waals surface area (Å²) in [6.07, 6.45) is 3.93. The minimum Gasteiger partial charge on any atom is -0.453 e. The molecule has 10 rings (SSSR count). The zero-order valence-corrected chi connectivity index (χ0v) is 44.2. The van der Waals surface area contributed by atoms with Gasteiger partial charge in [-0.3, -0.25) is 9.59 Å². The maximum Gasteiger partial charge on any atom is 0.407 e. The van der Waals surface area contributed by atoms with Crippen molar-refractivity contribution in [1.29, 1.82) is 0 Å². The van der Waals surface area contributed by atoms with Crippen LogP contribution in [-0.4, -0.2) is 116 Å². The van der Waals surface area contributed by atoms with Crippen molar-refractivity contribution in [2.45, 2.75) is 121 Å². The number of aromatic amines is 2. The van der Waals surface area contributed by atoms with E-state index in [1.54, 1.807) is 32.9 Å². The van der Waals surface area contributed by atoms with Crippen LogP contribution in [0.3, 0.4) is 0 Å². The van der Waals surface area contributed by atoms with Crippen LogP contribution in [0.4, 0.5) is 42.9 Å². The smallest absolute Gasteiger partial charge is 0.407 e. The van der Waals surface area contributed by atoms with Crippen molar-refractivity contribution >= 4 is 57.4 Å². The van der Waals surface area contributed by atoms with E-state index in [4.69, 9.17) is 19.4 Å². The van der Waals surface area contributed by atoms with Gasteiger partial charge in [-0.05, 0) is 92.8 Å². The van der Waals surface area contributed by atoms with E-state index in [0.717, 1.165) is 12.1 Å². The zero-order chi connectivity index (χ0) is 55.3. The van der Waals surface area contributed by atoms with Crippen LogP contribution in [-0.2, 0) is 24.7 Å². The highest BCUT2D eigenvalue weighted by molar-refractivity contribution is 5.88. The number of methoxy groups -OCH3 is 2. The lowest BCUT2D eigenvalue weighted by molar-refractivity contribution is -0.136. The topological polar surface area (TPSA) is 207 Å². The summed E-state index contributed by atoms with van der Waals surface area (Å²) in [4.78, 5) is 83.1. The van der Waals surface area contributed by atoms with Gasteiger partial charge in [0.15, 0.2) is 23.1 Å². The van der Waals surface area contributed by atoms with Gasteiger partial charge in [0, 0.05) is 68.2 Å². The molecule has 4 aliphatic heterocycles. The number of carbonyl (C=O) groups excluding carboxylic acids is 4. The lowest BCUT2D eigenvalue weighted by Gasteiger charge is -2.37. The summed E-state index contributed by atoms with van der Waals surface area (Å²) in [5.41, 5.74) is -0.612. The summed E-state index contributed by atoms with van der Waals surface area (Å²) < 4.78 is 93.2. The molecule has 0 aliphatic carbocycles. The van der Waals surface area contributed by atoms with E-state index >= 15 is 22.0 Å². The van der Waals surface area contributed by atoms with E-state index in [-0.39, 0.29) is 90.7 Å². The van der Waals surface area contributed by atoms with Gasteiger partial charge in [0.05, 0.1) is 60.5 Å². The van der Waals surface area contributed by atoms with E-state index in [0.29, 0.717) is 72.5 Å². The Hall–Kier alpha value is -7.59. The monoisotopic (exact) mass is 1080 g/mol. The third kappa shape index (κ3) is 10.1. The van der Waals surface area contributed by atoms with Gasteiger partial charge >= 0.3 is 12.2 Å². The minimum atomic E-state index is -1.90. The molecule has 4 N–H and O–H groups in total. The number of hydrogen-bond acceptors (Lipinski definition) is 12. The predicted octanol–water partition coefficient (Wildman–Crippen LogP) is 9.42. The quantitative estimate of drug-likeness (QED) is 0.0798. The second kappa shape index (κ2) is 21.7. The number of ether oxygens (including phenoxy) is 2. The lowest BCUT2D eigenvalue weighted by Crippen LogP contribution is -2.51. The number of carbonyl (C=O) groups is 4. The fourth-order valence-corrected chi connectivity index (χ4v) is 12.0. The number of fused-ring (bicyclic) bond motifs is 2. The molecular formula is C55H63F5N12O6. The van der Waals surface area contributed by atoms with Crippen LogP contribution in [0.5, 0.6) is 0 Å². The number of benzene rings is 3. The van der Waals surface area contributed by atoms with Crippen molar-refractivity contribution < 1.29 is 50.6 Å². The number of H-pyrrole nitrogens is 2. The number of nitrogens with zero attached hydrogens (tertiary/aromatic N) is 8. The molecule has 18 nitrogen and oxygen atoms in total. The molecule has 3 aromatic carbocycles. The van der Waals surface area contributed by atoms with Gasteiger partial charge in [-0.2, -0.15) is 0 Å². The number of halogens is 5.